The number of methoxy groups -OCH3 is 1. The summed E-state index contributed by atoms with van der Waals surface area (Å²) in [7, 11) is 1.28. The number of aromatic hydroxyl groups is 1. The third-order valence-electron chi connectivity index (χ3n) is 7.52. The summed E-state index contributed by atoms with van der Waals surface area (Å²) in [5, 5.41) is 22.7. The number of hydrogen-bond acceptors (Lipinski definition) is 8. The lowest BCUT2D eigenvalue weighted by molar-refractivity contribution is -0.204. The van der Waals surface area contributed by atoms with Crippen LogP contribution in [-0.2, 0) is 34.0 Å². The molecule has 1 aromatic rings. The van der Waals surface area contributed by atoms with Crippen LogP contribution in [0.5, 0.6) is 5.75 Å². The van der Waals surface area contributed by atoms with Gasteiger partial charge in [0.05, 0.1) is 12.5 Å². The van der Waals surface area contributed by atoms with Crippen LogP contribution in [0.2, 0.25) is 0 Å². The largest absolute Gasteiger partial charge is 0.508 e. The molecular weight excluding hydrogens is 428 g/mol. The number of benzene rings is 1. The molecule has 2 N–H and O–H groups in total. The van der Waals surface area contributed by atoms with Crippen molar-refractivity contribution in [3.63, 3.8) is 0 Å². The van der Waals surface area contributed by atoms with Crippen molar-refractivity contribution in [2.45, 2.75) is 84.0 Å². The van der Waals surface area contributed by atoms with E-state index in [1.807, 2.05) is 13.8 Å². The van der Waals surface area contributed by atoms with Crippen LogP contribution < -0.4 is 0 Å². The second-order valence-corrected chi connectivity index (χ2v) is 9.98. The Morgan fingerprint density at radius 3 is 2.21 bits per heavy atom. The van der Waals surface area contributed by atoms with Crippen LogP contribution >= 0.6 is 0 Å². The van der Waals surface area contributed by atoms with Crippen LogP contribution in [0.25, 0.3) is 0 Å². The van der Waals surface area contributed by atoms with Crippen molar-refractivity contribution in [3.8, 4) is 5.75 Å². The Balaban J connectivity index is 2.39. The van der Waals surface area contributed by atoms with Crippen molar-refractivity contribution < 1.29 is 38.8 Å². The van der Waals surface area contributed by atoms with E-state index in [2.05, 4.69) is 0 Å². The highest BCUT2D eigenvalue weighted by Crippen LogP contribution is 2.62. The van der Waals surface area contributed by atoms with Gasteiger partial charge in [0.1, 0.15) is 24.1 Å². The van der Waals surface area contributed by atoms with Crippen LogP contribution in [-0.4, -0.2) is 47.4 Å². The monoisotopic (exact) mass is 462 g/mol. The first kappa shape index (κ1) is 25.0. The zero-order valence-corrected chi connectivity index (χ0v) is 20.3. The molecule has 33 heavy (non-hydrogen) atoms. The Hall–Kier alpha value is -2.61. The molecule has 6 atom stereocenters. The van der Waals surface area contributed by atoms with Gasteiger partial charge >= 0.3 is 17.9 Å². The zero-order valence-electron chi connectivity index (χ0n) is 20.3. The quantitative estimate of drug-likeness (QED) is 0.517. The molecule has 182 valence electrons. The molecule has 0 spiro atoms. The van der Waals surface area contributed by atoms with Gasteiger partial charge in [0.15, 0.2) is 0 Å². The van der Waals surface area contributed by atoms with Crippen molar-refractivity contribution in [1.29, 1.82) is 0 Å². The van der Waals surface area contributed by atoms with Gasteiger partial charge in [-0.15, -0.1) is 0 Å². The summed E-state index contributed by atoms with van der Waals surface area (Å²) in [6.07, 6.45) is -2.54. The minimum Gasteiger partial charge on any atom is -0.508 e. The topological polar surface area (TPSA) is 119 Å². The minimum absolute atomic E-state index is 0.0575. The van der Waals surface area contributed by atoms with Crippen molar-refractivity contribution in [3.05, 3.63) is 28.8 Å². The molecular formula is C25H34O8. The molecule has 8 nitrogen and oxygen atoms in total. The standard InChI is InChI=1S/C25H34O8/c1-12(2)15-10-16-19(17(28)11-15)25(6)18(32-13(3)26)8-9-24(5,23(30)31-7)22(25)21(20(16)29)33-14(4)27/h10-12,18,20-22,28-29H,8-9H2,1-7H3/t18-,20-,21-,22+,24-,25+/m1/s1. The minimum atomic E-state index is -1.30. The number of rotatable bonds is 4. The van der Waals surface area contributed by atoms with Gasteiger partial charge in [-0.05, 0) is 42.9 Å². The summed E-state index contributed by atoms with van der Waals surface area (Å²) >= 11 is 0. The summed E-state index contributed by atoms with van der Waals surface area (Å²) in [4.78, 5) is 37.2. The molecule has 0 bridgehead atoms. The summed E-state index contributed by atoms with van der Waals surface area (Å²) in [6.45, 7) is 9.96. The molecule has 8 heteroatoms. The van der Waals surface area contributed by atoms with E-state index in [0.717, 1.165) is 5.56 Å². The number of fused-ring (bicyclic) bond motifs is 3. The molecule has 2 aliphatic carbocycles. The smallest absolute Gasteiger partial charge is 0.311 e. The maximum absolute atomic E-state index is 13.1. The Bertz CT molecular complexity index is 969. The fourth-order valence-corrected chi connectivity index (χ4v) is 6.12. The lowest BCUT2D eigenvalue weighted by atomic mass is 9.47. The van der Waals surface area contributed by atoms with Crippen LogP contribution in [0.3, 0.4) is 0 Å². The van der Waals surface area contributed by atoms with Gasteiger partial charge in [-0.2, -0.15) is 0 Å². The van der Waals surface area contributed by atoms with E-state index in [1.165, 1.54) is 21.0 Å². The molecule has 1 saturated carbocycles. The van der Waals surface area contributed by atoms with Crippen LogP contribution in [0.15, 0.2) is 12.1 Å². The molecule has 0 heterocycles. The van der Waals surface area contributed by atoms with Crippen molar-refractivity contribution in [1.82, 2.24) is 0 Å². The first-order valence-corrected chi connectivity index (χ1v) is 11.3. The Morgan fingerprint density at radius 1 is 1.09 bits per heavy atom. The molecule has 1 fully saturated rings. The third-order valence-corrected chi connectivity index (χ3v) is 7.52. The summed E-state index contributed by atoms with van der Waals surface area (Å²) < 4.78 is 16.5. The van der Waals surface area contributed by atoms with Gasteiger partial charge in [-0.1, -0.05) is 26.8 Å². The number of phenolic OH excluding ortho intramolecular Hbond substituents is 1. The molecule has 0 aromatic heterocycles. The van der Waals surface area contributed by atoms with Gasteiger partial charge in [0.25, 0.3) is 0 Å². The van der Waals surface area contributed by atoms with Gasteiger partial charge in [0, 0.05) is 30.7 Å². The van der Waals surface area contributed by atoms with Crippen molar-refractivity contribution in [2.24, 2.45) is 11.3 Å². The maximum atomic E-state index is 13.1. The van der Waals surface area contributed by atoms with Gasteiger partial charge in [0.2, 0.25) is 0 Å². The first-order valence-electron chi connectivity index (χ1n) is 11.3. The number of esters is 3. The van der Waals surface area contributed by atoms with E-state index < -0.39 is 53.0 Å². The number of ether oxygens (including phenoxy) is 3. The predicted octanol–water partition coefficient (Wildman–Crippen LogP) is 3.27. The second-order valence-electron chi connectivity index (χ2n) is 9.98. The van der Waals surface area contributed by atoms with Crippen LogP contribution in [0.4, 0.5) is 0 Å². The predicted molar refractivity (Wildman–Crippen MR) is 118 cm³/mol. The number of phenols is 1. The lowest BCUT2D eigenvalue weighted by Gasteiger charge is -2.59. The Morgan fingerprint density at radius 2 is 1.70 bits per heavy atom. The van der Waals surface area contributed by atoms with E-state index >= 15 is 0 Å². The fraction of sp³-hybridized carbons (Fsp3) is 0.640. The van der Waals surface area contributed by atoms with E-state index in [4.69, 9.17) is 14.2 Å². The molecule has 3 rings (SSSR count). The van der Waals surface area contributed by atoms with E-state index in [0.29, 0.717) is 17.5 Å². The van der Waals surface area contributed by atoms with Gasteiger partial charge in [-0.25, -0.2) is 0 Å². The highest BCUT2D eigenvalue weighted by Gasteiger charge is 2.67. The van der Waals surface area contributed by atoms with E-state index in [-0.39, 0.29) is 18.1 Å². The summed E-state index contributed by atoms with van der Waals surface area (Å²) in [5.41, 5.74) is -0.739. The number of aliphatic hydroxyl groups excluding tert-OH is 1. The van der Waals surface area contributed by atoms with Crippen molar-refractivity contribution >= 4 is 17.9 Å². The van der Waals surface area contributed by atoms with Gasteiger partial charge in [-0.3, -0.25) is 14.4 Å². The number of carbonyl (C=O) groups excluding carboxylic acids is 3. The average Bonchev–Trinajstić information content (AvgIpc) is 2.72. The van der Waals surface area contributed by atoms with E-state index in [1.54, 1.807) is 26.0 Å². The Labute approximate surface area is 194 Å². The number of aliphatic hydroxyl groups is 1. The van der Waals surface area contributed by atoms with E-state index in [9.17, 15) is 24.6 Å². The summed E-state index contributed by atoms with van der Waals surface area (Å²) in [5.74, 6) is -2.48. The fourth-order valence-electron chi connectivity index (χ4n) is 6.12. The number of carbonyl (C=O) groups is 3. The average molecular weight is 463 g/mol. The molecule has 2 aliphatic rings. The van der Waals surface area contributed by atoms with Crippen molar-refractivity contribution in [2.75, 3.05) is 7.11 Å². The molecule has 0 unspecified atom stereocenters. The van der Waals surface area contributed by atoms with Gasteiger partial charge < -0.3 is 24.4 Å². The zero-order chi connectivity index (χ0) is 24.9. The molecule has 0 saturated heterocycles. The van der Waals surface area contributed by atoms with Crippen LogP contribution in [0, 0.1) is 11.3 Å². The normalized spacial score (nSPS) is 33.0. The molecule has 0 radical (unpaired) electrons. The maximum Gasteiger partial charge on any atom is 0.311 e. The number of hydrogen-bond donors (Lipinski definition) is 2. The lowest BCUT2D eigenvalue weighted by Crippen LogP contribution is -2.65. The molecule has 1 aromatic carbocycles. The highest BCUT2D eigenvalue weighted by atomic mass is 16.6. The highest BCUT2D eigenvalue weighted by molar-refractivity contribution is 5.78. The third kappa shape index (κ3) is 3.88. The molecule has 0 aliphatic heterocycles. The Kier molecular flexibility index (Phi) is 6.54. The first-order chi connectivity index (χ1) is 15.3. The second kappa shape index (κ2) is 8.63. The molecule has 0 amide bonds. The van der Waals surface area contributed by atoms with Crippen LogP contribution in [0.1, 0.15) is 83.1 Å². The SMILES string of the molecule is COC(=O)[C@]1(C)CC[C@@H](OC(C)=O)[C@@]2(C)c3c(O)cc(C(C)C)cc3[C@@H](O)[C@@H](OC(C)=O)[C@H]21. The summed E-state index contributed by atoms with van der Waals surface area (Å²) in [6, 6.07) is 3.43.